The zero-order chi connectivity index (χ0) is 26.1. The van der Waals surface area contributed by atoms with Crippen LogP contribution < -0.4 is 10.9 Å². The van der Waals surface area contributed by atoms with Crippen molar-refractivity contribution in [1.82, 2.24) is 34.5 Å². The number of nitrogens with zero attached hydrogens (tertiary/aromatic N) is 7. The first-order chi connectivity index (χ1) is 17.9. The van der Waals surface area contributed by atoms with Crippen molar-refractivity contribution in [3.05, 3.63) is 58.2 Å². The van der Waals surface area contributed by atoms with Gasteiger partial charge >= 0.3 is 0 Å². The Hall–Kier alpha value is -3.60. The zero-order valence-corrected chi connectivity index (χ0v) is 22.2. The summed E-state index contributed by atoms with van der Waals surface area (Å²) in [6, 6.07) is 3.51. The average Bonchev–Trinajstić information content (AvgIpc) is 3.77. The third-order valence-corrected chi connectivity index (χ3v) is 7.90. The molecule has 4 aromatic rings. The number of anilines is 1. The van der Waals surface area contributed by atoms with Gasteiger partial charge in [0.05, 0.1) is 33.9 Å². The third kappa shape index (κ3) is 5.00. The van der Waals surface area contributed by atoms with Crippen molar-refractivity contribution in [2.45, 2.75) is 70.5 Å². The maximum absolute atomic E-state index is 13.6. The number of nitrogens with one attached hydrogen (secondary N) is 1. The molecule has 10 nitrogen and oxygen atoms in total. The number of rotatable bonds is 9. The number of hydrogen-bond donors (Lipinski definition) is 1. The summed E-state index contributed by atoms with van der Waals surface area (Å²) < 4.78 is 13.6. The van der Waals surface area contributed by atoms with E-state index >= 15 is 0 Å². The van der Waals surface area contributed by atoms with Crippen LogP contribution in [0.5, 0.6) is 0 Å². The van der Waals surface area contributed by atoms with Crippen molar-refractivity contribution < 1.29 is 4.21 Å². The standard InChI is InChI=1S/C26H30N8O2S/c1-5-15(3)34-25-19(13-29-23(33-25)21-16(4)30-14-31-22(21)18-8-9-18)32-24(26(34)35)28-12-17-7-10-20(27-11-17)37(36)6-2/h7,10-11,13-15,18H,5-6,8-9,12H2,1-4H3,(H,28,32). The average molecular weight is 519 g/mol. The summed E-state index contributed by atoms with van der Waals surface area (Å²) in [5.74, 6) is 1.66. The van der Waals surface area contributed by atoms with Gasteiger partial charge in [0.1, 0.15) is 16.9 Å². The number of aryl methyl sites for hydroxylation is 1. The van der Waals surface area contributed by atoms with Gasteiger partial charge in [-0.1, -0.05) is 19.9 Å². The molecule has 4 heterocycles. The lowest BCUT2D eigenvalue weighted by Crippen LogP contribution is -2.28. The van der Waals surface area contributed by atoms with Crippen LogP contribution in [0.15, 0.2) is 40.7 Å². The summed E-state index contributed by atoms with van der Waals surface area (Å²) in [6.07, 6.45) is 7.87. The molecule has 1 aliphatic rings. The van der Waals surface area contributed by atoms with Gasteiger partial charge in [0.2, 0.25) is 0 Å². The number of hydrogen-bond acceptors (Lipinski definition) is 9. The summed E-state index contributed by atoms with van der Waals surface area (Å²) in [4.78, 5) is 40.8. The Balaban J connectivity index is 1.53. The van der Waals surface area contributed by atoms with Crippen molar-refractivity contribution in [2.75, 3.05) is 11.1 Å². The van der Waals surface area contributed by atoms with Crippen molar-refractivity contribution in [1.29, 1.82) is 0 Å². The zero-order valence-electron chi connectivity index (χ0n) is 21.4. The Bertz CT molecular complexity index is 1530. The van der Waals surface area contributed by atoms with E-state index in [0.29, 0.717) is 40.2 Å². The van der Waals surface area contributed by atoms with E-state index in [-0.39, 0.29) is 17.4 Å². The molecule has 1 fully saturated rings. The van der Waals surface area contributed by atoms with E-state index in [1.807, 2.05) is 33.8 Å². The molecule has 1 aliphatic carbocycles. The lowest BCUT2D eigenvalue weighted by molar-refractivity contribution is 0.526. The van der Waals surface area contributed by atoms with Crippen LogP contribution in [0.1, 0.15) is 68.9 Å². The van der Waals surface area contributed by atoms with E-state index in [0.717, 1.165) is 41.8 Å². The molecule has 192 valence electrons. The molecule has 0 aliphatic heterocycles. The minimum absolute atomic E-state index is 0.0951. The van der Waals surface area contributed by atoms with E-state index in [1.165, 1.54) is 0 Å². The Morgan fingerprint density at radius 2 is 1.92 bits per heavy atom. The minimum Gasteiger partial charge on any atom is -0.361 e. The first-order valence-electron chi connectivity index (χ1n) is 12.6. The fourth-order valence-electron chi connectivity index (χ4n) is 4.25. The SMILES string of the molecule is CCC(C)n1c(=O)c(NCc2ccc(S(=O)CC)nc2)nc2cnc(-c3c(C)ncnc3C3CC3)nc21. The molecular formula is C26H30N8O2S. The Morgan fingerprint density at radius 3 is 2.59 bits per heavy atom. The highest BCUT2D eigenvalue weighted by molar-refractivity contribution is 7.84. The first kappa shape index (κ1) is 25.1. The molecule has 0 radical (unpaired) electrons. The van der Waals surface area contributed by atoms with Gasteiger partial charge in [-0.25, -0.2) is 29.9 Å². The summed E-state index contributed by atoms with van der Waals surface area (Å²) in [5.41, 5.74) is 4.27. The van der Waals surface area contributed by atoms with Crippen LogP contribution in [0.4, 0.5) is 5.82 Å². The molecule has 0 spiro atoms. The van der Waals surface area contributed by atoms with Gasteiger partial charge in [0.25, 0.3) is 5.56 Å². The van der Waals surface area contributed by atoms with Crippen molar-refractivity contribution in [3.8, 4) is 11.4 Å². The molecule has 2 atom stereocenters. The van der Waals surface area contributed by atoms with E-state index in [1.54, 1.807) is 29.4 Å². The molecule has 11 heteroatoms. The number of pyridine rings is 1. The molecule has 0 saturated heterocycles. The summed E-state index contributed by atoms with van der Waals surface area (Å²) in [5, 5.41) is 3.70. The molecule has 2 unspecified atom stereocenters. The molecule has 37 heavy (non-hydrogen) atoms. The predicted molar refractivity (Wildman–Crippen MR) is 143 cm³/mol. The molecule has 5 rings (SSSR count). The van der Waals surface area contributed by atoms with Gasteiger partial charge in [0.15, 0.2) is 17.3 Å². The van der Waals surface area contributed by atoms with Gasteiger partial charge in [-0.3, -0.25) is 13.6 Å². The van der Waals surface area contributed by atoms with Gasteiger partial charge in [-0.15, -0.1) is 0 Å². The van der Waals surface area contributed by atoms with Crippen LogP contribution in [-0.4, -0.2) is 44.4 Å². The molecule has 0 amide bonds. The van der Waals surface area contributed by atoms with Crippen LogP contribution in [-0.2, 0) is 17.3 Å². The van der Waals surface area contributed by atoms with E-state index < -0.39 is 10.8 Å². The summed E-state index contributed by atoms with van der Waals surface area (Å²) in [6.45, 7) is 8.17. The maximum atomic E-state index is 13.6. The second-order valence-electron chi connectivity index (χ2n) is 9.28. The normalized spacial score (nSPS) is 15.0. The Labute approximate surface area is 217 Å². The molecule has 1 N–H and O–H groups in total. The highest BCUT2D eigenvalue weighted by Gasteiger charge is 2.30. The second kappa shape index (κ2) is 10.4. The molecule has 4 aromatic heterocycles. The third-order valence-electron chi connectivity index (χ3n) is 6.67. The number of aromatic nitrogens is 7. The fraction of sp³-hybridized carbons (Fsp3) is 0.423. The van der Waals surface area contributed by atoms with E-state index in [9.17, 15) is 9.00 Å². The Kier molecular flexibility index (Phi) is 7.05. The van der Waals surface area contributed by atoms with Crippen molar-refractivity contribution in [2.24, 2.45) is 0 Å². The largest absolute Gasteiger partial charge is 0.361 e. The lowest BCUT2D eigenvalue weighted by Gasteiger charge is -2.18. The minimum atomic E-state index is -1.10. The van der Waals surface area contributed by atoms with Crippen LogP contribution in [0.3, 0.4) is 0 Å². The van der Waals surface area contributed by atoms with Gasteiger partial charge in [-0.2, -0.15) is 0 Å². The molecule has 0 bridgehead atoms. The van der Waals surface area contributed by atoms with Crippen molar-refractivity contribution in [3.63, 3.8) is 0 Å². The molecular weight excluding hydrogens is 488 g/mol. The molecule has 0 aromatic carbocycles. The van der Waals surface area contributed by atoms with Crippen LogP contribution in [0.2, 0.25) is 0 Å². The topological polar surface area (TPSA) is 128 Å². The Morgan fingerprint density at radius 1 is 1.11 bits per heavy atom. The van der Waals surface area contributed by atoms with Gasteiger partial charge in [0, 0.05) is 30.5 Å². The quantitative estimate of drug-likeness (QED) is 0.350. The second-order valence-corrected chi connectivity index (χ2v) is 11.0. The predicted octanol–water partition coefficient (Wildman–Crippen LogP) is 3.93. The lowest BCUT2D eigenvalue weighted by atomic mass is 10.1. The molecule has 1 saturated carbocycles. The van der Waals surface area contributed by atoms with E-state index in [4.69, 9.17) is 4.98 Å². The van der Waals surface area contributed by atoms with Crippen molar-refractivity contribution >= 4 is 27.8 Å². The maximum Gasteiger partial charge on any atom is 0.295 e. The summed E-state index contributed by atoms with van der Waals surface area (Å²) >= 11 is 0. The first-order valence-corrected chi connectivity index (χ1v) is 13.9. The summed E-state index contributed by atoms with van der Waals surface area (Å²) in [7, 11) is -1.10. The van der Waals surface area contributed by atoms with E-state index in [2.05, 4.69) is 30.2 Å². The highest BCUT2D eigenvalue weighted by Crippen LogP contribution is 2.43. The monoisotopic (exact) mass is 518 g/mol. The number of fused-ring (bicyclic) bond motifs is 1. The van der Waals surface area contributed by atoms with Crippen LogP contribution in [0.25, 0.3) is 22.6 Å². The van der Waals surface area contributed by atoms with Crippen LogP contribution in [0, 0.1) is 6.92 Å². The van der Waals surface area contributed by atoms with Gasteiger partial charge in [-0.05, 0) is 44.7 Å². The van der Waals surface area contributed by atoms with Gasteiger partial charge < -0.3 is 5.32 Å². The smallest absolute Gasteiger partial charge is 0.295 e. The fourth-order valence-corrected chi connectivity index (χ4v) is 4.93. The highest BCUT2D eigenvalue weighted by atomic mass is 32.2. The van der Waals surface area contributed by atoms with Crippen LogP contribution >= 0.6 is 0 Å².